The van der Waals surface area contributed by atoms with Gasteiger partial charge in [0, 0.05) is 0 Å². The molecule has 0 aliphatic carbocycles. The predicted octanol–water partition coefficient (Wildman–Crippen LogP) is 7.30. The van der Waals surface area contributed by atoms with E-state index in [1.807, 2.05) is 0 Å². The molecule has 0 spiro atoms. The fraction of sp³-hybridized carbons (Fsp3) is 1.00. The second-order valence-corrected chi connectivity index (χ2v) is 9.71. The third-order valence-corrected chi connectivity index (χ3v) is 5.04. The summed E-state index contributed by atoms with van der Waals surface area (Å²) in [6.07, 6.45) is 22.4. The van der Waals surface area contributed by atoms with E-state index < -0.39 is 0 Å². The Hall–Kier alpha value is 0.920. The van der Waals surface area contributed by atoms with Gasteiger partial charge in [-0.05, 0) is 19.4 Å². The van der Waals surface area contributed by atoms with Gasteiger partial charge in [0.25, 0.3) is 0 Å². The smallest absolute Gasteiger partial charge is 0.0697 e. The van der Waals surface area contributed by atoms with Crippen molar-refractivity contribution in [2.75, 3.05) is 6.54 Å². The quantitative estimate of drug-likeness (QED) is 0.191. The number of hydrogen-bond donors (Lipinski definition) is 1. The molecule has 3 heteroatoms. The van der Waals surface area contributed by atoms with E-state index in [0.29, 0.717) is 3.74 Å². The lowest BCUT2D eigenvalue weighted by atomic mass is 10.0. The number of rotatable bonds is 17. The Labute approximate surface area is 150 Å². The molecular weight excluding hydrogens is 390 g/mol. The van der Waals surface area contributed by atoms with Crippen LogP contribution in [0.5, 0.6) is 0 Å². The van der Waals surface area contributed by atoms with Gasteiger partial charge in [-0.1, -0.05) is 122 Å². The molecule has 0 unspecified atom stereocenters. The molecule has 0 amide bonds. The summed E-state index contributed by atoms with van der Waals surface area (Å²) in [5.74, 6) is 0. The molecule has 0 heterocycles. The number of unbranched alkanes of at least 4 members (excludes halogenated alkanes) is 14. The van der Waals surface area contributed by atoms with Gasteiger partial charge < -0.3 is 5.73 Å². The molecule has 0 aromatic rings. The van der Waals surface area contributed by atoms with Crippen molar-refractivity contribution in [1.29, 1.82) is 0 Å². The highest BCUT2D eigenvalue weighted by molar-refractivity contribution is 9.24. The van der Waals surface area contributed by atoms with E-state index in [4.69, 9.17) is 5.73 Å². The van der Waals surface area contributed by atoms with Gasteiger partial charge in [0.2, 0.25) is 0 Å². The SMILES string of the molecule is NCCCCCCCCCCCCCCCCCC(Br)Br. The molecule has 0 aliphatic heterocycles. The van der Waals surface area contributed by atoms with E-state index in [-0.39, 0.29) is 0 Å². The third-order valence-electron chi connectivity index (χ3n) is 4.13. The van der Waals surface area contributed by atoms with Gasteiger partial charge in [-0.25, -0.2) is 0 Å². The topological polar surface area (TPSA) is 26.0 Å². The normalized spacial score (nSPS) is 11.4. The Morgan fingerprint density at radius 1 is 0.476 bits per heavy atom. The minimum Gasteiger partial charge on any atom is -0.330 e. The predicted molar refractivity (Wildman–Crippen MR) is 105 cm³/mol. The molecule has 0 radical (unpaired) electrons. The van der Waals surface area contributed by atoms with Crippen LogP contribution < -0.4 is 5.73 Å². The van der Waals surface area contributed by atoms with Gasteiger partial charge in [-0.2, -0.15) is 0 Å². The van der Waals surface area contributed by atoms with Crippen LogP contribution in [-0.4, -0.2) is 10.3 Å². The summed E-state index contributed by atoms with van der Waals surface area (Å²) in [5.41, 5.74) is 5.49. The summed E-state index contributed by atoms with van der Waals surface area (Å²) in [5, 5.41) is 0. The molecule has 0 aliphatic rings. The lowest BCUT2D eigenvalue weighted by molar-refractivity contribution is 0.530. The van der Waals surface area contributed by atoms with Crippen molar-refractivity contribution >= 4 is 31.9 Å². The van der Waals surface area contributed by atoms with Crippen molar-refractivity contribution in [3.8, 4) is 0 Å². The zero-order valence-electron chi connectivity index (χ0n) is 13.9. The van der Waals surface area contributed by atoms with E-state index in [1.165, 1.54) is 103 Å². The molecule has 21 heavy (non-hydrogen) atoms. The maximum absolute atomic E-state index is 5.49. The average molecular weight is 427 g/mol. The van der Waals surface area contributed by atoms with Crippen LogP contribution in [-0.2, 0) is 0 Å². The van der Waals surface area contributed by atoms with E-state index >= 15 is 0 Å². The van der Waals surface area contributed by atoms with Crippen molar-refractivity contribution in [1.82, 2.24) is 0 Å². The number of hydrogen-bond acceptors (Lipinski definition) is 1. The first kappa shape index (κ1) is 21.9. The highest BCUT2D eigenvalue weighted by Gasteiger charge is 1.97. The van der Waals surface area contributed by atoms with Crippen molar-refractivity contribution in [2.24, 2.45) is 5.73 Å². The zero-order valence-corrected chi connectivity index (χ0v) is 17.1. The van der Waals surface area contributed by atoms with Gasteiger partial charge in [-0.15, -0.1) is 0 Å². The minimum absolute atomic E-state index is 0.519. The van der Waals surface area contributed by atoms with Crippen LogP contribution in [0.15, 0.2) is 0 Å². The monoisotopic (exact) mass is 425 g/mol. The summed E-state index contributed by atoms with van der Waals surface area (Å²) in [6.45, 7) is 0.869. The van der Waals surface area contributed by atoms with Gasteiger partial charge in [0.1, 0.15) is 0 Å². The summed E-state index contributed by atoms with van der Waals surface area (Å²) in [6, 6.07) is 0. The first-order valence-electron chi connectivity index (χ1n) is 9.25. The van der Waals surface area contributed by atoms with Crippen LogP contribution >= 0.6 is 31.9 Å². The summed E-state index contributed by atoms with van der Waals surface area (Å²) in [7, 11) is 0. The van der Waals surface area contributed by atoms with Crippen LogP contribution in [0.2, 0.25) is 0 Å². The molecule has 0 aromatic heterocycles. The lowest BCUT2D eigenvalue weighted by Gasteiger charge is -2.04. The molecule has 0 atom stereocenters. The standard InChI is InChI=1S/C18H37Br2N/c19-18(20)16-14-12-10-8-6-4-2-1-3-5-7-9-11-13-15-17-21/h18H,1-17,21H2. The Balaban J connectivity index is 2.93. The van der Waals surface area contributed by atoms with Gasteiger partial charge >= 0.3 is 0 Å². The van der Waals surface area contributed by atoms with Gasteiger partial charge in [0.15, 0.2) is 0 Å². The second kappa shape index (κ2) is 19.0. The van der Waals surface area contributed by atoms with Gasteiger partial charge in [0.05, 0.1) is 3.74 Å². The van der Waals surface area contributed by atoms with E-state index in [9.17, 15) is 0 Å². The molecule has 0 rings (SSSR count). The van der Waals surface area contributed by atoms with E-state index in [2.05, 4.69) is 31.9 Å². The van der Waals surface area contributed by atoms with Crippen LogP contribution in [0.1, 0.15) is 103 Å². The summed E-state index contributed by atoms with van der Waals surface area (Å²) >= 11 is 7.06. The highest BCUT2D eigenvalue weighted by atomic mass is 79.9. The molecule has 0 saturated heterocycles. The first-order valence-corrected chi connectivity index (χ1v) is 11.1. The molecule has 0 fully saturated rings. The van der Waals surface area contributed by atoms with Crippen molar-refractivity contribution < 1.29 is 0 Å². The average Bonchev–Trinajstić information content (AvgIpc) is 2.46. The van der Waals surface area contributed by atoms with Crippen molar-refractivity contribution in [3.63, 3.8) is 0 Å². The molecule has 2 N–H and O–H groups in total. The molecule has 1 nitrogen and oxygen atoms in total. The maximum Gasteiger partial charge on any atom is 0.0697 e. The fourth-order valence-corrected chi connectivity index (χ4v) is 3.39. The Morgan fingerprint density at radius 3 is 1.05 bits per heavy atom. The zero-order chi connectivity index (χ0) is 15.6. The molecular formula is C18H37Br2N. The first-order chi connectivity index (χ1) is 10.3. The molecule has 128 valence electrons. The number of halogens is 2. The van der Waals surface area contributed by atoms with Crippen molar-refractivity contribution in [2.45, 2.75) is 106 Å². The van der Waals surface area contributed by atoms with Crippen molar-refractivity contribution in [3.05, 3.63) is 0 Å². The highest BCUT2D eigenvalue weighted by Crippen LogP contribution is 2.18. The van der Waals surface area contributed by atoms with E-state index in [0.717, 1.165) is 6.54 Å². The summed E-state index contributed by atoms with van der Waals surface area (Å²) < 4.78 is 0.519. The maximum atomic E-state index is 5.49. The third kappa shape index (κ3) is 20.9. The van der Waals surface area contributed by atoms with Crippen LogP contribution in [0.25, 0.3) is 0 Å². The fourth-order valence-electron chi connectivity index (χ4n) is 2.74. The van der Waals surface area contributed by atoms with Crippen LogP contribution in [0.3, 0.4) is 0 Å². The largest absolute Gasteiger partial charge is 0.330 e. The molecule has 0 aromatic carbocycles. The number of alkyl halides is 2. The summed E-state index contributed by atoms with van der Waals surface area (Å²) in [4.78, 5) is 0. The Morgan fingerprint density at radius 2 is 0.762 bits per heavy atom. The number of nitrogens with two attached hydrogens (primary N) is 1. The minimum atomic E-state index is 0.519. The van der Waals surface area contributed by atoms with Crippen LogP contribution in [0.4, 0.5) is 0 Å². The molecule has 0 bridgehead atoms. The lowest BCUT2D eigenvalue weighted by Crippen LogP contribution is -1.97. The molecule has 0 saturated carbocycles. The second-order valence-electron chi connectivity index (χ2n) is 6.27. The van der Waals surface area contributed by atoms with E-state index in [1.54, 1.807) is 0 Å². The Bertz CT molecular complexity index is 186. The van der Waals surface area contributed by atoms with Crippen LogP contribution in [0, 0.1) is 0 Å². The Kier molecular flexibility index (Phi) is 19.8. The van der Waals surface area contributed by atoms with Gasteiger partial charge in [-0.3, -0.25) is 0 Å².